The minimum Gasteiger partial charge on any atom is -0.487 e. The van der Waals surface area contributed by atoms with Gasteiger partial charge in [0.15, 0.2) is 0 Å². The molecular weight excluding hydrogens is 455 g/mol. The molecule has 1 aromatic rings. The lowest BCUT2D eigenvalue weighted by Crippen LogP contribution is -2.37. The topological polar surface area (TPSA) is 66.8 Å². The fourth-order valence-electron chi connectivity index (χ4n) is 5.80. The summed E-state index contributed by atoms with van der Waals surface area (Å²) in [5.41, 5.74) is 4.78. The summed E-state index contributed by atoms with van der Waals surface area (Å²) in [5.74, 6) is 3.40. The van der Waals surface area contributed by atoms with E-state index in [0.717, 1.165) is 70.6 Å². The van der Waals surface area contributed by atoms with E-state index in [2.05, 4.69) is 34.6 Å². The van der Waals surface area contributed by atoms with Crippen LogP contribution in [0.5, 0.6) is 5.75 Å². The van der Waals surface area contributed by atoms with Crippen LogP contribution in [0, 0.1) is 38.5 Å². The molecule has 3 unspecified atom stereocenters. The van der Waals surface area contributed by atoms with Crippen molar-refractivity contribution in [3.63, 3.8) is 0 Å². The highest BCUT2D eigenvalue weighted by atomic mass is 31.2. The Hall–Kier alpha value is -0.830. The molecule has 2 rings (SSSR count). The summed E-state index contributed by atoms with van der Waals surface area (Å²) in [6, 6.07) is 0. The van der Waals surface area contributed by atoms with E-state index in [1.54, 1.807) is 0 Å². The summed E-state index contributed by atoms with van der Waals surface area (Å²) in [6.45, 7) is 17.7. The normalized spacial score (nSPS) is 20.0. The quantitative estimate of drug-likeness (QED) is 0.246. The summed E-state index contributed by atoms with van der Waals surface area (Å²) < 4.78 is 18.3. The molecular formula is C30H53O4P. The Labute approximate surface area is 215 Å². The van der Waals surface area contributed by atoms with E-state index in [-0.39, 0.29) is 11.8 Å². The van der Waals surface area contributed by atoms with Crippen LogP contribution < -0.4 is 4.74 Å². The standard InChI is InChI=1S/C30H53O4P/c1-21(2)12-9-13-22(3)14-10-15-23(4)16-11-18-30(8)19-17-27-26(7)28(20-35(31,32)33)24(5)25(6)29(27)34-30/h21-23H,9-20H2,1-8H3,(H2,31,32,33). The van der Waals surface area contributed by atoms with Crippen molar-refractivity contribution in [1.82, 2.24) is 0 Å². The fraction of sp³-hybridized carbons (Fsp3) is 0.800. The summed E-state index contributed by atoms with van der Waals surface area (Å²) in [7, 11) is -4.11. The van der Waals surface area contributed by atoms with Crippen molar-refractivity contribution in [3.05, 3.63) is 27.8 Å². The van der Waals surface area contributed by atoms with Gasteiger partial charge in [-0.2, -0.15) is 0 Å². The molecule has 35 heavy (non-hydrogen) atoms. The van der Waals surface area contributed by atoms with Gasteiger partial charge in [-0.15, -0.1) is 0 Å². The molecule has 1 aliphatic rings. The van der Waals surface area contributed by atoms with E-state index in [4.69, 9.17) is 4.74 Å². The van der Waals surface area contributed by atoms with Crippen LogP contribution in [-0.4, -0.2) is 15.4 Å². The lowest BCUT2D eigenvalue weighted by Gasteiger charge is -2.38. The first-order valence-electron chi connectivity index (χ1n) is 14.1. The van der Waals surface area contributed by atoms with Crippen LogP contribution in [0.25, 0.3) is 0 Å². The van der Waals surface area contributed by atoms with Gasteiger partial charge in [0.25, 0.3) is 0 Å². The second kappa shape index (κ2) is 13.1. The van der Waals surface area contributed by atoms with E-state index < -0.39 is 7.60 Å². The first kappa shape index (κ1) is 30.4. The maximum atomic E-state index is 11.7. The molecule has 3 atom stereocenters. The SMILES string of the molecule is Cc1c(C)c2c(c(C)c1CP(=O)(O)O)CCC(C)(CCCC(C)CCCC(C)CCCC(C)C)O2. The summed E-state index contributed by atoms with van der Waals surface area (Å²) in [6.07, 6.45) is 13.3. The van der Waals surface area contributed by atoms with Crippen molar-refractivity contribution < 1.29 is 19.1 Å². The van der Waals surface area contributed by atoms with E-state index in [9.17, 15) is 14.4 Å². The summed E-state index contributed by atoms with van der Waals surface area (Å²) in [4.78, 5) is 19.1. The fourth-order valence-corrected chi connectivity index (χ4v) is 6.69. The van der Waals surface area contributed by atoms with Gasteiger partial charge in [-0.25, -0.2) is 0 Å². The second-order valence-electron chi connectivity index (χ2n) is 12.4. The maximum Gasteiger partial charge on any atom is 0.329 e. The molecule has 0 aliphatic carbocycles. The highest BCUT2D eigenvalue weighted by molar-refractivity contribution is 7.50. The third-order valence-corrected chi connectivity index (χ3v) is 9.15. The molecule has 5 heteroatoms. The van der Waals surface area contributed by atoms with E-state index in [0.29, 0.717) is 0 Å². The predicted molar refractivity (Wildman–Crippen MR) is 148 cm³/mol. The Morgan fingerprint density at radius 1 is 0.857 bits per heavy atom. The van der Waals surface area contributed by atoms with Gasteiger partial charge in [0.2, 0.25) is 0 Å². The van der Waals surface area contributed by atoms with E-state index in [1.165, 1.54) is 51.4 Å². The van der Waals surface area contributed by atoms with Crippen molar-refractivity contribution in [2.75, 3.05) is 0 Å². The highest BCUT2D eigenvalue weighted by Crippen LogP contribution is 2.47. The Balaban J connectivity index is 1.85. The van der Waals surface area contributed by atoms with Crippen LogP contribution >= 0.6 is 7.60 Å². The molecule has 1 aromatic carbocycles. The van der Waals surface area contributed by atoms with Gasteiger partial charge >= 0.3 is 7.60 Å². The maximum absolute atomic E-state index is 11.7. The Morgan fingerprint density at radius 2 is 1.40 bits per heavy atom. The molecule has 4 nitrogen and oxygen atoms in total. The number of hydrogen-bond acceptors (Lipinski definition) is 2. The third-order valence-electron chi connectivity index (χ3n) is 8.43. The first-order chi connectivity index (χ1) is 16.2. The summed E-state index contributed by atoms with van der Waals surface area (Å²) in [5, 5.41) is 0. The number of hydrogen-bond donors (Lipinski definition) is 2. The molecule has 0 fully saturated rings. The van der Waals surface area contributed by atoms with Crippen molar-refractivity contribution >= 4 is 7.60 Å². The average Bonchev–Trinajstić information content (AvgIpc) is 2.74. The number of benzene rings is 1. The zero-order valence-electron chi connectivity index (χ0n) is 23.9. The van der Waals surface area contributed by atoms with Gasteiger partial charge in [0, 0.05) is 0 Å². The van der Waals surface area contributed by atoms with Crippen LogP contribution in [-0.2, 0) is 17.1 Å². The molecule has 0 aromatic heterocycles. The van der Waals surface area contributed by atoms with Crippen molar-refractivity contribution in [2.24, 2.45) is 17.8 Å². The van der Waals surface area contributed by atoms with Crippen molar-refractivity contribution in [2.45, 2.75) is 138 Å². The molecule has 0 radical (unpaired) electrons. The molecule has 0 spiro atoms. The monoisotopic (exact) mass is 508 g/mol. The first-order valence-corrected chi connectivity index (χ1v) is 15.9. The average molecular weight is 509 g/mol. The number of ether oxygens (including phenoxy) is 1. The molecule has 2 N–H and O–H groups in total. The van der Waals surface area contributed by atoms with Gasteiger partial charge in [-0.05, 0) is 98.9 Å². The van der Waals surface area contributed by atoms with Gasteiger partial charge in [-0.1, -0.05) is 72.6 Å². The van der Waals surface area contributed by atoms with Crippen LogP contribution in [0.1, 0.15) is 127 Å². The number of fused-ring (bicyclic) bond motifs is 1. The highest BCUT2D eigenvalue weighted by Gasteiger charge is 2.34. The molecule has 0 bridgehead atoms. The lowest BCUT2D eigenvalue weighted by atomic mass is 9.82. The minimum atomic E-state index is -4.11. The van der Waals surface area contributed by atoms with Gasteiger partial charge in [0.05, 0.1) is 6.16 Å². The lowest BCUT2D eigenvalue weighted by molar-refractivity contribution is 0.0513. The third kappa shape index (κ3) is 9.52. The molecule has 0 saturated carbocycles. The van der Waals surface area contributed by atoms with E-state index >= 15 is 0 Å². The van der Waals surface area contributed by atoms with Crippen molar-refractivity contribution in [3.8, 4) is 5.75 Å². The second-order valence-corrected chi connectivity index (χ2v) is 14.0. The molecule has 1 heterocycles. The molecule has 0 saturated heterocycles. The zero-order chi connectivity index (χ0) is 26.4. The minimum absolute atomic E-state index is 0.161. The zero-order valence-corrected chi connectivity index (χ0v) is 24.8. The van der Waals surface area contributed by atoms with Crippen LogP contribution in [0.15, 0.2) is 0 Å². The molecule has 0 amide bonds. The Morgan fingerprint density at radius 3 is 1.94 bits per heavy atom. The van der Waals surface area contributed by atoms with Crippen LogP contribution in [0.3, 0.4) is 0 Å². The largest absolute Gasteiger partial charge is 0.487 e. The summed E-state index contributed by atoms with van der Waals surface area (Å²) >= 11 is 0. The van der Waals surface area contributed by atoms with Crippen LogP contribution in [0.4, 0.5) is 0 Å². The van der Waals surface area contributed by atoms with Gasteiger partial charge in [0.1, 0.15) is 11.4 Å². The predicted octanol–water partition coefficient (Wildman–Crippen LogP) is 8.81. The Bertz CT molecular complexity index is 872. The molecule has 1 aliphatic heterocycles. The van der Waals surface area contributed by atoms with E-state index in [1.807, 2.05) is 20.8 Å². The smallest absolute Gasteiger partial charge is 0.329 e. The van der Waals surface area contributed by atoms with Gasteiger partial charge in [-0.3, -0.25) is 4.57 Å². The van der Waals surface area contributed by atoms with Crippen LogP contribution in [0.2, 0.25) is 0 Å². The number of rotatable bonds is 14. The van der Waals surface area contributed by atoms with Crippen molar-refractivity contribution in [1.29, 1.82) is 0 Å². The van der Waals surface area contributed by atoms with Gasteiger partial charge < -0.3 is 14.5 Å². The Kier molecular flexibility index (Phi) is 11.4. The molecule has 202 valence electrons.